The summed E-state index contributed by atoms with van der Waals surface area (Å²) >= 11 is 0. The normalized spacial score (nSPS) is 11.7. The Morgan fingerprint density at radius 3 is 2.33 bits per heavy atom. The molecule has 0 aliphatic carbocycles. The molecule has 2 rings (SSSR count). The van der Waals surface area contributed by atoms with Crippen molar-refractivity contribution in [2.24, 2.45) is 0 Å². The van der Waals surface area contributed by atoms with Crippen LogP contribution in [-0.4, -0.2) is 29.3 Å². The first kappa shape index (κ1) is 23.7. The molecule has 2 amide bonds. The zero-order chi connectivity index (χ0) is 21.9. The molecule has 0 radical (unpaired) electrons. The molecule has 0 aromatic heterocycles. The summed E-state index contributed by atoms with van der Waals surface area (Å²) in [6.45, 7) is 9.28. The van der Waals surface area contributed by atoms with Gasteiger partial charge in [0.05, 0.1) is 0 Å². The highest BCUT2D eigenvalue weighted by atomic mass is 16.2. The molecule has 0 aliphatic rings. The van der Waals surface area contributed by atoms with Crippen LogP contribution < -0.4 is 5.32 Å². The summed E-state index contributed by atoms with van der Waals surface area (Å²) in [6, 6.07) is 16.0. The van der Waals surface area contributed by atoms with Crippen molar-refractivity contribution in [2.75, 3.05) is 6.54 Å². The van der Waals surface area contributed by atoms with Crippen molar-refractivity contribution in [3.05, 3.63) is 70.8 Å². The molecule has 4 nitrogen and oxygen atoms in total. The zero-order valence-corrected chi connectivity index (χ0v) is 18.9. The van der Waals surface area contributed by atoms with Gasteiger partial charge in [0, 0.05) is 19.5 Å². The first-order chi connectivity index (χ1) is 14.4. The number of nitrogens with one attached hydrogen (secondary N) is 1. The summed E-state index contributed by atoms with van der Waals surface area (Å²) in [5.41, 5.74) is 4.56. The van der Waals surface area contributed by atoms with Gasteiger partial charge in [0.1, 0.15) is 6.04 Å². The highest BCUT2D eigenvalue weighted by molar-refractivity contribution is 5.87. The van der Waals surface area contributed by atoms with E-state index in [1.807, 2.05) is 32.0 Å². The lowest BCUT2D eigenvalue weighted by Gasteiger charge is -2.31. The van der Waals surface area contributed by atoms with Gasteiger partial charge in [-0.1, -0.05) is 79.9 Å². The van der Waals surface area contributed by atoms with Gasteiger partial charge in [0.15, 0.2) is 0 Å². The Morgan fingerprint density at radius 2 is 1.70 bits per heavy atom. The number of benzene rings is 2. The fourth-order valence-corrected chi connectivity index (χ4v) is 3.58. The molecular formula is C26H36N2O2. The molecule has 2 aromatic carbocycles. The van der Waals surface area contributed by atoms with E-state index in [0.717, 1.165) is 29.5 Å². The fourth-order valence-electron chi connectivity index (χ4n) is 3.58. The van der Waals surface area contributed by atoms with Gasteiger partial charge in [0.25, 0.3) is 0 Å². The number of carbonyl (C=O) groups excluding carboxylic acids is 2. The van der Waals surface area contributed by atoms with Crippen molar-refractivity contribution < 1.29 is 9.59 Å². The third-order valence-electron chi connectivity index (χ3n) is 5.40. The lowest BCUT2D eigenvalue weighted by atomic mass is 10.0. The van der Waals surface area contributed by atoms with E-state index in [2.05, 4.69) is 49.5 Å². The lowest BCUT2D eigenvalue weighted by molar-refractivity contribution is -0.141. The third kappa shape index (κ3) is 7.33. The Labute approximate surface area is 181 Å². The number of hydrogen-bond acceptors (Lipinski definition) is 2. The van der Waals surface area contributed by atoms with Crippen LogP contribution in [-0.2, 0) is 22.6 Å². The Balaban J connectivity index is 2.16. The largest absolute Gasteiger partial charge is 0.354 e. The maximum Gasteiger partial charge on any atom is 0.242 e. The van der Waals surface area contributed by atoms with Gasteiger partial charge in [-0.05, 0) is 44.2 Å². The zero-order valence-electron chi connectivity index (χ0n) is 18.9. The fraction of sp³-hybridized carbons (Fsp3) is 0.462. The molecule has 0 saturated carbocycles. The Bertz CT molecular complexity index is 814. The van der Waals surface area contributed by atoms with E-state index in [1.165, 1.54) is 5.56 Å². The second-order valence-corrected chi connectivity index (χ2v) is 8.06. The van der Waals surface area contributed by atoms with E-state index in [1.54, 1.807) is 4.90 Å². The van der Waals surface area contributed by atoms with Crippen LogP contribution in [0.3, 0.4) is 0 Å². The van der Waals surface area contributed by atoms with E-state index in [4.69, 9.17) is 0 Å². The molecular weight excluding hydrogens is 372 g/mol. The van der Waals surface area contributed by atoms with E-state index >= 15 is 0 Å². The Kier molecular flexibility index (Phi) is 9.59. The number of nitrogens with zero attached hydrogens (tertiary/aromatic N) is 1. The summed E-state index contributed by atoms with van der Waals surface area (Å²) in [5, 5.41) is 3.01. The molecule has 0 aliphatic heterocycles. The minimum atomic E-state index is -0.451. The van der Waals surface area contributed by atoms with Crippen molar-refractivity contribution in [3.63, 3.8) is 0 Å². The molecule has 0 spiro atoms. The molecule has 0 unspecified atom stereocenters. The molecule has 0 heterocycles. The summed E-state index contributed by atoms with van der Waals surface area (Å²) < 4.78 is 0. The number of carbonyl (C=O) groups is 2. The van der Waals surface area contributed by atoms with Gasteiger partial charge in [-0.3, -0.25) is 9.59 Å². The Hall–Kier alpha value is -2.62. The maximum absolute atomic E-state index is 13.3. The standard InChI is InChI=1S/C26H36N2O2/c1-5-7-17-27-26(30)24(6-2)28(19-23-10-8-9-21(4)18-23)25(29)16-15-22-13-11-20(3)12-14-22/h8-14,18,24H,5-7,15-17,19H2,1-4H3,(H,27,30)/t24-/m0/s1. The molecule has 30 heavy (non-hydrogen) atoms. The van der Waals surface area contributed by atoms with Crippen LogP contribution >= 0.6 is 0 Å². The minimum Gasteiger partial charge on any atom is -0.354 e. The quantitative estimate of drug-likeness (QED) is 0.534. The molecule has 1 atom stereocenters. The van der Waals surface area contributed by atoms with Crippen LogP contribution in [0.4, 0.5) is 0 Å². The number of unbranched alkanes of at least 4 members (excludes halogenated alkanes) is 1. The lowest BCUT2D eigenvalue weighted by Crippen LogP contribution is -2.49. The van der Waals surface area contributed by atoms with Crippen LogP contribution in [0, 0.1) is 13.8 Å². The number of amides is 2. The second-order valence-electron chi connectivity index (χ2n) is 8.06. The Morgan fingerprint density at radius 1 is 0.967 bits per heavy atom. The molecule has 162 valence electrons. The van der Waals surface area contributed by atoms with Gasteiger partial charge in [0.2, 0.25) is 11.8 Å². The number of rotatable bonds is 11. The maximum atomic E-state index is 13.3. The average Bonchev–Trinajstić information content (AvgIpc) is 2.73. The predicted molar refractivity (Wildman–Crippen MR) is 123 cm³/mol. The van der Waals surface area contributed by atoms with E-state index < -0.39 is 6.04 Å². The topological polar surface area (TPSA) is 49.4 Å². The van der Waals surface area contributed by atoms with Crippen LogP contribution in [0.25, 0.3) is 0 Å². The van der Waals surface area contributed by atoms with Crippen molar-refractivity contribution in [3.8, 4) is 0 Å². The average molecular weight is 409 g/mol. The molecule has 2 aromatic rings. The van der Waals surface area contributed by atoms with E-state index in [9.17, 15) is 9.59 Å². The van der Waals surface area contributed by atoms with Crippen LogP contribution in [0.1, 0.15) is 61.8 Å². The molecule has 4 heteroatoms. The first-order valence-corrected chi connectivity index (χ1v) is 11.1. The van der Waals surface area contributed by atoms with Crippen molar-refractivity contribution in [2.45, 2.75) is 72.4 Å². The monoisotopic (exact) mass is 408 g/mol. The summed E-state index contributed by atoms with van der Waals surface area (Å²) in [6.07, 6.45) is 3.64. The SMILES string of the molecule is CCCCNC(=O)[C@H](CC)N(Cc1cccc(C)c1)C(=O)CCc1ccc(C)cc1. The van der Waals surface area contributed by atoms with Crippen molar-refractivity contribution in [1.29, 1.82) is 0 Å². The molecule has 1 N–H and O–H groups in total. The summed E-state index contributed by atoms with van der Waals surface area (Å²) in [5.74, 6) is -0.0307. The van der Waals surface area contributed by atoms with Gasteiger partial charge in [-0.15, -0.1) is 0 Å². The first-order valence-electron chi connectivity index (χ1n) is 11.1. The highest BCUT2D eigenvalue weighted by Gasteiger charge is 2.28. The van der Waals surface area contributed by atoms with E-state index in [0.29, 0.717) is 32.4 Å². The van der Waals surface area contributed by atoms with Crippen molar-refractivity contribution in [1.82, 2.24) is 10.2 Å². The van der Waals surface area contributed by atoms with Gasteiger partial charge in [-0.25, -0.2) is 0 Å². The van der Waals surface area contributed by atoms with E-state index in [-0.39, 0.29) is 11.8 Å². The third-order valence-corrected chi connectivity index (χ3v) is 5.40. The number of aryl methyl sites for hydroxylation is 3. The minimum absolute atomic E-state index is 0.0228. The molecule has 0 saturated heterocycles. The number of hydrogen-bond donors (Lipinski definition) is 1. The smallest absolute Gasteiger partial charge is 0.242 e. The molecule has 0 fully saturated rings. The highest BCUT2D eigenvalue weighted by Crippen LogP contribution is 2.16. The predicted octanol–water partition coefficient (Wildman–Crippen LogP) is 4.96. The van der Waals surface area contributed by atoms with Gasteiger partial charge >= 0.3 is 0 Å². The second kappa shape index (κ2) is 12.2. The summed E-state index contributed by atoms with van der Waals surface area (Å²) in [7, 11) is 0. The molecule has 0 bridgehead atoms. The van der Waals surface area contributed by atoms with Crippen LogP contribution in [0.2, 0.25) is 0 Å². The van der Waals surface area contributed by atoms with Gasteiger partial charge < -0.3 is 10.2 Å². The van der Waals surface area contributed by atoms with Crippen molar-refractivity contribution >= 4 is 11.8 Å². The van der Waals surface area contributed by atoms with Gasteiger partial charge in [-0.2, -0.15) is 0 Å². The van der Waals surface area contributed by atoms with Crippen LogP contribution in [0.5, 0.6) is 0 Å². The van der Waals surface area contributed by atoms with Crippen LogP contribution in [0.15, 0.2) is 48.5 Å². The summed E-state index contributed by atoms with van der Waals surface area (Å²) in [4.78, 5) is 27.9.